The van der Waals surface area contributed by atoms with Crippen molar-refractivity contribution in [2.75, 3.05) is 19.6 Å². The van der Waals surface area contributed by atoms with Crippen LogP contribution in [0, 0.1) is 5.82 Å². The lowest BCUT2D eigenvalue weighted by Crippen LogP contribution is -2.44. The van der Waals surface area contributed by atoms with Crippen LogP contribution in [0.5, 0.6) is 0 Å². The Hall–Kier alpha value is -2.24. The van der Waals surface area contributed by atoms with Crippen LogP contribution in [0.3, 0.4) is 0 Å². The molecule has 4 nitrogen and oxygen atoms in total. The number of rotatable bonds is 4. The van der Waals surface area contributed by atoms with Gasteiger partial charge in [0.1, 0.15) is 5.82 Å². The average Bonchev–Trinajstić information content (AvgIpc) is 3.00. The van der Waals surface area contributed by atoms with Crippen molar-refractivity contribution >= 4 is 5.91 Å². The summed E-state index contributed by atoms with van der Waals surface area (Å²) < 4.78 is 14.0. The minimum absolute atomic E-state index is 0.171. The van der Waals surface area contributed by atoms with Gasteiger partial charge in [-0.25, -0.2) is 4.39 Å². The molecule has 23 heavy (non-hydrogen) atoms. The van der Waals surface area contributed by atoms with Crippen molar-refractivity contribution < 1.29 is 14.3 Å². The summed E-state index contributed by atoms with van der Waals surface area (Å²) >= 11 is 0. The molecule has 0 aromatic heterocycles. The first kappa shape index (κ1) is 15.6. The first-order valence-electron chi connectivity index (χ1n) is 7.64. The highest BCUT2D eigenvalue weighted by Gasteiger charge is 2.31. The van der Waals surface area contributed by atoms with Crippen molar-refractivity contribution in [1.82, 2.24) is 10.6 Å². The largest absolute Gasteiger partial charge is 0.387 e. The van der Waals surface area contributed by atoms with Gasteiger partial charge in [0.2, 0.25) is 0 Å². The Bertz CT molecular complexity index is 712. The molecule has 1 aliphatic heterocycles. The number of carbonyl (C=O) groups excluding carboxylic acids is 1. The van der Waals surface area contributed by atoms with E-state index >= 15 is 0 Å². The number of aliphatic hydroxyl groups is 1. The lowest BCUT2D eigenvalue weighted by atomic mass is 9.98. The first-order valence-corrected chi connectivity index (χ1v) is 7.64. The van der Waals surface area contributed by atoms with Gasteiger partial charge in [-0.15, -0.1) is 0 Å². The van der Waals surface area contributed by atoms with E-state index in [4.69, 9.17) is 0 Å². The fourth-order valence-electron chi connectivity index (χ4n) is 2.82. The molecule has 0 spiro atoms. The Morgan fingerprint density at radius 1 is 1.17 bits per heavy atom. The number of halogens is 1. The maximum absolute atomic E-state index is 14.0. The third kappa shape index (κ3) is 3.41. The Balaban J connectivity index is 1.83. The van der Waals surface area contributed by atoms with Crippen LogP contribution in [0.2, 0.25) is 0 Å². The summed E-state index contributed by atoms with van der Waals surface area (Å²) in [4.78, 5) is 12.5. The highest BCUT2D eigenvalue weighted by atomic mass is 19.1. The molecular formula is C18H19FN2O2. The van der Waals surface area contributed by atoms with Crippen molar-refractivity contribution in [2.24, 2.45) is 0 Å². The Morgan fingerprint density at radius 3 is 2.57 bits per heavy atom. The van der Waals surface area contributed by atoms with E-state index in [0.29, 0.717) is 29.7 Å². The molecule has 1 atom stereocenters. The molecular weight excluding hydrogens is 295 g/mol. The number of benzene rings is 2. The third-order valence-electron chi connectivity index (χ3n) is 4.13. The molecule has 0 aliphatic carbocycles. The van der Waals surface area contributed by atoms with Gasteiger partial charge in [-0.2, -0.15) is 0 Å². The zero-order valence-corrected chi connectivity index (χ0v) is 12.7. The van der Waals surface area contributed by atoms with Crippen LogP contribution in [-0.2, 0) is 0 Å². The second-order valence-corrected chi connectivity index (χ2v) is 5.86. The van der Waals surface area contributed by atoms with Gasteiger partial charge in [0.05, 0.1) is 5.60 Å². The summed E-state index contributed by atoms with van der Waals surface area (Å²) in [6.07, 6.45) is 0.599. The van der Waals surface area contributed by atoms with Crippen LogP contribution in [0.25, 0.3) is 11.1 Å². The van der Waals surface area contributed by atoms with Gasteiger partial charge in [-0.05, 0) is 30.7 Å². The van der Waals surface area contributed by atoms with Crippen molar-refractivity contribution in [2.45, 2.75) is 12.0 Å². The summed E-state index contributed by atoms with van der Waals surface area (Å²) in [7, 11) is 0. The highest BCUT2D eigenvalue weighted by molar-refractivity contribution is 6.00. The van der Waals surface area contributed by atoms with Gasteiger partial charge >= 0.3 is 0 Å². The molecule has 3 N–H and O–H groups in total. The molecule has 2 aromatic carbocycles. The lowest BCUT2D eigenvalue weighted by molar-refractivity contribution is 0.0562. The summed E-state index contributed by atoms with van der Waals surface area (Å²) in [5, 5.41) is 16.1. The molecule has 0 bridgehead atoms. The normalized spacial score (nSPS) is 20.4. The predicted octanol–water partition coefficient (Wildman–Crippen LogP) is 1.95. The number of hydrogen-bond donors (Lipinski definition) is 3. The van der Waals surface area contributed by atoms with E-state index in [-0.39, 0.29) is 18.3 Å². The molecule has 1 aliphatic rings. The van der Waals surface area contributed by atoms with E-state index in [1.54, 1.807) is 42.5 Å². The van der Waals surface area contributed by atoms with Gasteiger partial charge < -0.3 is 15.7 Å². The molecule has 0 saturated carbocycles. The molecule has 1 heterocycles. The molecule has 5 heteroatoms. The fraction of sp³-hybridized carbons (Fsp3) is 0.278. The molecule has 2 aromatic rings. The van der Waals surface area contributed by atoms with Crippen LogP contribution < -0.4 is 10.6 Å². The van der Waals surface area contributed by atoms with Gasteiger partial charge in [0, 0.05) is 24.2 Å². The third-order valence-corrected chi connectivity index (χ3v) is 4.13. The Morgan fingerprint density at radius 2 is 1.87 bits per heavy atom. The van der Waals surface area contributed by atoms with Crippen molar-refractivity contribution in [3.05, 3.63) is 59.9 Å². The number of β-amino-alcohol motifs (C(OH)–C–C–N with tert-alkyl or cyclic N) is 1. The molecule has 0 unspecified atom stereocenters. The van der Waals surface area contributed by atoms with Crippen LogP contribution >= 0.6 is 0 Å². The van der Waals surface area contributed by atoms with Crippen molar-refractivity contribution in [3.63, 3.8) is 0 Å². The maximum Gasteiger partial charge on any atom is 0.252 e. The zero-order chi connectivity index (χ0) is 16.3. The molecule has 1 amide bonds. The number of carbonyl (C=O) groups is 1. The number of amides is 1. The van der Waals surface area contributed by atoms with E-state index < -0.39 is 5.60 Å². The Labute approximate surface area is 134 Å². The Kier molecular flexibility index (Phi) is 4.41. The lowest BCUT2D eigenvalue weighted by Gasteiger charge is -2.22. The van der Waals surface area contributed by atoms with E-state index in [0.717, 1.165) is 6.54 Å². The quantitative estimate of drug-likeness (QED) is 0.808. The predicted molar refractivity (Wildman–Crippen MR) is 86.6 cm³/mol. The fourth-order valence-corrected chi connectivity index (χ4v) is 2.82. The summed E-state index contributed by atoms with van der Waals surface area (Å²) in [6, 6.07) is 13.3. The SMILES string of the molecule is O=C(NC[C@]1(O)CCNC1)c1ccccc1-c1ccccc1F. The second kappa shape index (κ2) is 6.48. The summed E-state index contributed by atoms with van der Waals surface area (Å²) in [6.45, 7) is 1.37. The number of nitrogens with one attached hydrogen (secondary N) is 2. The molecule has 1 saturated heterocycles. The van der Waals surface area contributed by atoms with Crippen molar-refractivity contribution in [1.29, 1.82) is 0 Å². The van der Waals surface area contributed by atoms with Crippen LogP contribution in [0.4, 0.5) is 4.39 Å². The average molecular weight is 314 g/mol. The maximum atomic E-state index is 14.0. The minimum Gasteiger partial charge on any atom is -0.387 e. The number of hydrogen-bond acceptors (Lipinski definition) is 3. The van der Waals surface area contributed by atoms with Gasteiger partial charge in [0.15, 0.2) is 0 Å². The van der Waals surface area contributed by atoms with Crippen LogP contribution in [0.1, 0.15) is 16.8 Å². The standard InChI is InChI=1S/C18H19FN2O2/c19-16-8-4-3-6-14(16)13-5-1-2-7-15(13)17(22)21-12-18(23)9-10-20-11-18/h1-8,20,23H,9-12H2,(H,21,22)/t18-/m0/s1. The van der Waals surface area contributed by atoms with Crippen LogP contribution in [-0.4, -0.2) is 36.2 Å². The van der Waals surface area contributed by atoms with E-state index in [2.05, 4.69) is 10.6 Å². The van der Waals surface area contributed by atoms with Crippen molar-refractivity contribution in [3.8, 4) is 11.1 Å². The molecule has 1 fully saturated rings. The van der Waals surface area contributed by atoms with Crippen LogP contribution in [0.15, 0.2) is 48.5 Å². The molecule has 0 radical (unpaired) electrons. The summed E-state index contributed by atoms with van der Waals surface area (Å²) in [5.41, 5.74) is 0.411. The van der Waals surface area contributed by atoms with E-state index in [1.165, 1.54) is 6.07 Å². The first-order chi connectivity index (χ1) is 11.1. The summed E-state index contributed by atoms with van der Waals surface area (Å²) in [5.74, 6) is -0.685. The van der Waals surface area contributed by atoms with E-state index in [9.17, 15) is 14.3 Å². The molecule has 120 valence electrons. The van der Waals surface area contributed by atoms with Gasteiger partial charge in [0.25, 0.3) is 5.91 Å². The zero-order valence-electron chi connectivity index (χ0n) is 12.7. The molecule has 3 rings (SSSR count). The highest BCUT2D eigenvalue weighted by Crippen LogP contribution is 2.26. The van der Waals surface area contributed by atoms with E-state index in [1.807, 2.05) is 0 Å². The monoisotopic (exact) mass is 314 g/mol. The van der Waals surface area contributed by atoms with Gasteiger partial charge in [-0.3, -0.25) is 4.79 Å². The minimum atomic E-state index is -0.914. The smallest absolute Gasteiger partial charge is 0.252 e. The van der Waals surface area contributed by atoms with Gasteiger partial charge in [-0.1, -0.05) is 36.4 Å². The topological polar surface area (TPSA) is 61.4 Å². The second-order valence-electron chi connectivity index (χ2n) is 5.86.